The first-order valence-corrected chi connectivity index (χ1v) is 5.57. The van der Waals surface area contributed by atoms with E-state index in [1.807, 2.05) is 0 Å². The Morgan fingerprint density at radius 3 is 2.60 bits per heavy atom. The molecule has 0 N–H and O–H groups in total. The van der Waals surface area contributed by atoms with Gasteiger partial charge in [-0.3, -0.25) is 0 Å². The summed E-state index contributed by atoms with van der Waals surface area (Å²) < 4.78 is 5.30. The molecule has 2 rings (SSSR count). The SMILES string of the molecule is CCC(O[Si])c1cccc2ccccc12. The van der Waals surface area contributed by atoms with Crippen LogP contribution < -0.4 is 0 Å². The Bertz CT molecular complexity index is 444. The summed E-state index contributed by atoms with van der Waals surface area (Å²) in [6, 6.07) is 14.7. The minimum absolute atomic E-state index is 0.118. The van der Waals surface area contributed by atoms with E-state index in [0.29, 0.717) is 0 Å². The van der Waals surface area contributed by atoms with E-state index in [9.17, 15) is 0 Å². The summed E-state index contributed by atoms with van der Waals surface area (Å²) >= 11 is 0. The molecule has 0 fully saturated rings. The summed E-state index contributed by atoms with van der Waals surface area (Å²) in [6.07, 6.45) is 1.07. The second kappa shape index (κ2) is 4.60. The smallest absolute Gasteiger partial charge is 0.247 e. The molecule has 0 heterocycles. The zero-order chi connectivity index (χ0) is 10.7. The van der Waals surface area contributed by atoms with Crippen molar-refractivity contribution in [3.63, 3.8) is 0 Å². The van der Waals surface area contributed by atoms with Gasteiger partial charge in [0.2, 0.25) is 10.5 Å². The predicted molar refractivity (Wildman–Crippen MR) is 63.8 cm³/mol. The summed E-state index contributed by atoms with van der Waals surface area (Å²) in [7, 11) is 3.15. The lowest BCUT2D eigenvalue weighted by molar-refractivity contribution is 0.224. The van der Waals surface area contributed by atoms with Crippen LogP contribution in [0.1, 0.15) is 25.0 Å². The molecule has 2 heteroatoms. The van der Waals surface area contributed by atoms with Crippen molar-refractivity contribution in [1.82, 2.24) is 0 Å². The number of benzene rings is 2. The first-order valence-electron chi connectivity index (χ1n) is 5.17. The molecule has 0 spiro atoms. The largest absolute Gasteiger partial charge is 0.412 e. The lowest BCUT2D eigenvalue weighted by atomic mass is 9.99. The van der Waals surface area contributed by atoms with Crippen molar-refractivity contribution >= 4 is 21.3 Å². The highest BCUT2D eigenvalue weighted by molar-refractivity contribution is 5.98. The number of rotatable bonds is 3. The monoisotopic (exact) mass is 213 g/mol. The Kier molecular flexibility index (Phi) is 3.19. The van der Waals surface area contributed by atoms with Crippen molar-refractivity contribution < 1.29 is 4.43 Å². The molecule has 0 saturated carbocycles. The zero-order valence-electron chi connectivity index (χ0n) is 8.73. The molecule has 1 atom stereocenters. The topological polar surface area (TPSA) is 9.23 Å². The fourth-order valence-corrected chi connectivity index (χ4v) is 2.19. The third-order valence-corrected chi connectivity index (χ3v) is 2.97. The maximum Gasteiger partial charge on any atom is 0.247 e. The van der Waals surface area contributed by atoms with Crippen molar-refractivity contribution in [2.75, 3.05) is 0 Å². The molecular formula is C13H13OSi. The molecule has 0 saturated heterocycles. The Morgan fingerprint density at radius 1 is 1.13 bits per heavy atom. The molecule has 0 aliphatic heterocycles. The van der Waals surface area contributed by atoms with E-state index >= 15 is 0 Å². The molecule has 15 heavy (non-hydrogen) atoms. The van der Waals surface area contributed by atoms with Crippen LogP contribution >= 0.6 is 0 Å². The first kappa shape index (κ1) is 10.4. The van der Waals surface area contributed by atoms with Gasteiger partial charge in [-0.1, -0.05) is 49.4 Å². The summed E-state index contributed by atoms with van der Waals surface area (Å²) in [6.45, 7) is 2.12. The average molecular weight is 213 g/mol. The van der Waals surface area contributed by atoms with Crippen LogP contribution in [0, 0.1) is 0 Å². The number of hydrogen-bond acceptors (Lipinski definition) is 1. The molecule has 0 aliphatic carbocycles. The van der Waals surface area contributed by atoms with Gasteiger partial charge in [0.25, 0.3) is 0 Å². The van der Waals surface area contributed by atoms with E-state index in [-0.39, 0.29) is 6.10 Å². The number of hydrogen-bond donors (Lipinski definition) is 0. The quantitative estimate of drug-likeness (QED) is 0.710. The van der Waals surface area contributed by atoms with Crippen LogP contribution in [0.2, 0.25) is 0 Å². The Labute approximate surface area is 93.6 Å². The third-order valence-electron chi connectivity index (χ3n) is 2.68. The van der Waals surface area contributed by atoms with Gasteiger partial charge >= 0.3 is 0 Å². The number of fused-ring (bicyclic) bond motifs is 1. The van der Waals surface area contributed by atoms with Crippen molar-refractivity contribution in [3.05, 3.63) is 48.0 Å². The predicted octanol–water partition coefficient (Wildman–Crippen LogP) is 3.39. The van der Waals surface area contributed by atoms with Gasteiger partial charge in [0.1, 0.15) is 0 Å². The molecular weight excluding hydrogens is 200 g/mol. The Balaban J connectivity index is 2.59. The maximum absolute atomic E-state index is 5.30. The van der Waals surface area contributed by atoms with Gasteiger partial charge in [-0.2, -0.15) is 0 Å². The van der Waals surface area contributed by atoms with Gasteiger partial charge in [0.15, 0.2) is 0 Å². The van der Waals surface area contributed by atoms with Gasteiger partial charge in [-0.15, -0.1) is 0 Å². The van der Waals surface area contributed by atoms with Crippen molar-refractivity contribution in [2.45, 2.75) is 19.4 Å². The summed E-state index contributed by atoms with van der Waals surface area (Å²) in [5, 5.41) is 2.53. The minimum Gasteiger partial charge on any atom is -0.412 e. The van der Waals surface area contributed by atoms with Gasteiger partial charge in [-0.05, 0) is 22.8 Å². The molecule has 2 aromatic carbocycles. The van der Waals surface area contributed by atoms with Gasteiger partial charge < -0.3 is 4.43 Å². The first-order chi connectivity index (χ1) is 7.36. The third kappa shape index (κ3) is 1.96. The van der Waals surface area contributed by atoms with Crippen LogP contribution in [0.5, 0.6) is 0 Å². The van der Waals surface area contributed by atoms with Crippen LogP contribution in [0.15, 0.2) is 42.5 Å². The summed E-state index contributed by atoms with van der Waals surface area (Å²) in [5.41, 5.74) is 1.24. The molecule has 3 radical (unpaired) electrons. The van der Waals surface area contributed by atoms with E-state index in [2.05, 4.69) is 59.9 Å². The highest BCUT2D eigenvalue weighted by atomic mass is 28.2. The fraction of sp³-hybridized carbons (Fsp3) is 0.231. The van der Waals surface area contributed by atoms with Crippen LogP contribution in [0.3, 0.4) is 0 Å². The normalized spacial score (nSPS) is 12.9. The second-order valence-electron chi connectivity index (χ2n) is 3.58. The lowest BCUT2D eigenvalue weighted by Gasteiger charge is -2.16. The van der Waals surface area contributed by atoms with E-state index in [1.54, 1.807) is 0 Å². The summed E-state index contributed by atoms with van der Waals surface area (Å²) in [4.78, 5) is 0. The highest BCUT2D eigenvalue weighted by Crippen LogP contribution is 2.27. The highest BCUT2D eigenvalue weighted by Gasteiger charge is 2.10. The zero-order valence-corrected chi connectivity index (χ0v) is 9.73. The van der Waals surface area contributed by atoms with Gasteiger partial charge in [0.05, 0.1) is 6.10 Å². The van der Waals surface area contributed by atoms with Gasteiger partial charge in [-0.25, -0.2) is 0 Å². The average Bonchev–Trinajstić information content (AvgIpc) is 2.31. The van der Waals surface area contributed by atoms with E-state index < -0.39 is 0 Å². The molecule has 0 amide bonds. The van der Waals surface area contributed by atoms with Crippen molar-refractivity contribution in [3.8, 4) is 0 Å². The fourth-order valence-electron chi connectivity index (χ4n) is 1.90. The van der Waals surface area contributed by atoms with Crippen LogP contribution in [0.4, 0.5) is 0 Å². The Morgan fingerprint density at radius 2 is 1.87 bits per heavy atom. The van der Waals surface area contributed by atoms with E-state index in [4.69, 9.17) is 4.43 Å². The van der Waals surface area contributed by atoms with Gasteiger partial charge in [0, 0.05) is 0 Å². The molecule has 1 unspecified atom stereocenters. The molecule has 0 aliphatic rings. The molecule has 75 valence electrons. The molecule has 1 nitrogen and oxygen atoms in total. The molecule has 2 aromatic rings. The summed E-state index contributed by atoms with van der Waals surface area (Å²) in [5.74, 6) is 0. The van der Waals surface area contributed by atoms with Crippen LogP contribution in [0.25, 0.3) is 10.8 Å². The van der Waals surface area contributed by atoms with Crippen molar-refractivity contribution in [1.29, 1.82) is 0 Å². The van der Waals surface area contributed by atoms with E-state index in [0.717, 1.165) is 6.42 Å². The van der Waals surface area contributed by atoms with Crippen LogP contribution in [-0.2, 0) is 4.43 Å². The van der Waals surface area contributed by atoms with Crippen LogP contribution in [-0.4, -0.2) is 10.5 Å². The maximum atomic E-state index is 5.30. The standard InChI is InChI=1S/C13H13OSi/c1-2-13(14-15)12-9-5-7-10-6-3-4-8-11(10)12/h3-9,13H,2H2,1H3. The van der Waals surface area contributed by atoms with E-state index in [1.165, 1.54) is 16.3 Å². The second-order valence-corrected chi connectivity index (χ2v) is 3.82. The molecule has 0 aromatic heterocycles. The minimum atomic E-state index is 0.118. The molecule has 0 bridgehead atoms. The van der Waals surface area contributed by atoms with Crippen molar-refractivity contribution in [2.24, 2.45) is 0 Å². The Hall–Kier alpha value is -1.12. The lowest BCUT2D eigenvalue weighted by Crippen LogP contribution is -2.01.